The van der Waals surface area contributed by atoms with Gasteiger partial charge in [-0.25, -0.2) is 0 Å². The lowest BCUT2D eigenvalue weighted by molar-refractivity contribution is -0.539. The number of hydroxylamine groups is 6. The van der Waals surface area contributed by atoms with Gasteiger partial charge in [0.1, 0.15) is 11.1 Å². The number of hydrogen-bond donors (Lipinski definition) is 0. The summed E-state index contributed by atoms with van der Waals surface area (Å²) in [5, 5.41) is 54.3. The highest BCUT2D eigenvalue weighted by atomic mass is 32.1. The van der Waals surface area contributed by atoms with Crippen molar-refractivity contribution in [3.05, 3.63) is 102 Å². The minimum Gasteiger partial charge on any atom is -0.714 e. The Labute approximate surface area is 346 Å². The van der Waals surface area contributed by atoms with Gasteiger partial charge >= 0.3 is 29.4 Å². The van der Waals surface area contributed by atoms with E-state index in [-0.39, 0.29) is 22.8 Å². The first kappa shape index (κ1) is 42.7. The highest BCUT2D eigenvalue weighted by Crippen LogP contribution is 2.67. The summed E-state index contributed by atoms with van der Waals surface area (Å²) in [4.78, 5) is -0.104. The van der Waals surface area contributed by atoms with Crippen LogP contribution in [0.15, 0.2) is 48.5 Å². The molecule has 2 aromatic carbocycles. The van der Waals surface area contributed by atoms with Crippen molar-refractivity contribution in [3.8, 4) is 20.9 Å². The average molecular weight is 859 g/mol. The molecule has 2 aliphatic heterocycles. The predicted octanol–water partition coefficient (Wildman–Crippen LogP) is 11.2. The lowest BCUT2D eigenvalue weighted by Gasteiger charge is -2.32. The molecule has 314 valence electrons. The van der Waals surface area contributed by atoms with Crippen LogP contribution in [-0.2, 0) is 10.4 Å². The molecule has 0 atom stereocenters. The van der Waals surface area contributed by atoms with Crippen molar-refractivity contribution in [2.75, 3.05) is 0 Å². The molecule has 0 amide bonds. The molecular formula is C43H44F6N4O4S2. The van der Waals surface area contributed by atoms with E-state index in [1.165, 1.54) is 38.1 Å². The second-order valence-corrected chi connectivity index (χ2v) is 19.8. The molecule has 7 rings (SSSR count). The fourth-order valence-electron chi connectivity index (χ4n) is 7.79. The summed E-state index contributed by atoms with van der Waals surface area (Å²) in [5.41, 5.74) is -4.64. The van der Waals surface area contributed by atoms with Gasteiger partial charge in [-0.3, -0.25) is 9.48 Å². The zero-order chi connectivity index (χ0) is 44.1. The largest absolute Gasteiger partial charge is 0.714 e. The van der Waals surface area contributed by atoms with E-state index in [4.69, 9.17) is 0 Å². The summed E-state index contributed by atoms with van der Waals surface area (Å²) in [6.45, 7) is 19.3. The standard InChI is InChI=1S/C43H44F6N4O4S2/c1-21-23(3)33(58-31(21)25-13-17-27(18-14-25)35-50(54)37(5,6)38(7,8)51(35)55)29-30(42(46,47)43(48,49)41(29,44)45)34-24(4)22(2)32(59-34)26-15-19-28(20-16-26)36-52(56)39(9,10)40(11,12)53(36)57/h13-20H,1-12H3. The van der Waals surface area contributed by atoms with Crippen LogP contribution in [0.5, 0.6) is 0 Å². The quantitative estimate of drug-likeness (QED) is 0.110. The van der Waals surface area contributed by atoms with E-state index in [2.05, 4.69) is 0 Å². The molecule has 16 heteroatoms. The maximum Gasteiger partial charge on any atom is 0.380 e. The van der Waals surface area contributed by atoms with Gasteiger partial charge in [0.05, 0.1) is 22.3 Å². The Bertz CT molecular complexity index is 2360. The lowest BCUT2D eigenvalue weighted by atomic mass is 9.84. The molecular weight excluding hydrogens is 815 g/mol. The fraction of sp³-hybridized carbons (Fsp3) is 0.442. The number of alkyl halides is 6. The molecule has 4 aromatic rings. The summed E-state index contributed by atoms with van der Waals surface area (Å²) >= 11 is 1.38. The van der Waals surface area contributed by atoms with Crippen molar-refractivity contribution < 1.29 is 46.2 Å². The van der Waals surface area contributed by atoms with Crippen molar-refractivity contribution >= 4 is 45.5 Å². The van der Waals surface area contributed by atoms with Gasteiger partial charge in [0.2, 0.25) is 0 Å². The number of halogens is 6. The molecule has 8 nitrogen and oxygen atoms in total. The Morgan fingerprint density at radius 3 is 0.983 bits per heavy atom. The summed E-state index contributed by atoms with van der Waals surface area (Å²) < 4.78 is 97.1. The van der Waals surface area contributed by atoms with Gasteiger partial charge in [-0.05, 0) is 141 Å². The SMILES string of the molecule is Cc1c(C2=C(c3sc(-c4ccc(C5=[N+]([O-])C(C)(C)C(C)(C)N5[O])cc4)c(C)c3C)C(F)(F)C(F)(F)C2(F)F)sc(-c2ccc(C3=[N+]([O-])C(C)(C)C(C)(C)N3[O])cc2)c1C. The van der Waals surface area contributed by atoms with Crippen molar-refractivity contribution in [3.63, 3.8) is 0 Å². The van der Waals surface area contributed by atoms with Crippen LogP contribution in [0.25, 0.3) is 32.0 Å². The van der Waals surface area contributed by atoms with E-state index in [0.717, 1.165) is 0 Å². The highest BCUT2D eigenvalue weighted by molar-refractivity contribution is 7.18. The van der Waals surface area contributed by atoms with Gasteiger partial charge < -0.3 is 10.4 Å². The van der Waals surface area contributed by atoms with Crippen LogP contribution in [-0.4, -0.2) is 71.2 Å². The minimum absolute atomic E-state index is 0.114. The number of allylic oxidation sites excluding steroid dienone is 2. The van der Waals surface area contributed by atoms with Crippen LogP contribution in [0.1, 0.15) is 98.5 Å². The number of benzene rings is 2. The number of amidine groups is 2. The first-order valence-electron chi connectivity index (χ1n) is 18.9. The van der Waals surface area contributed by atoms with Crippen LogP contribution in [0.2, 0.25) is 0 Å². The van der Waals surface area contributed by atoms with E-state index in [9.17, 15) is 20.8 Å². The molecule has 2 radical (unpaired) electrons. The maximum atomic E-state index is 16.2. The van der Waals surface area contributed by atoms with Gasteiger partial charge in [0, 0.05) is 29.9 Å². The van der Waals surface area contributed by atoms with Gasteiger partial charge in [0.25, 0.3) is 0 Å². The molecule has 0 N–H and O–H groups in total. The number of nitrogens with zero attached hydrogens (tertiary/aromatic N) is 4. The van der Waals surface area contributed by atoms with Gasteiger partial charge in [-0.1, -0.05) is 34.4 Å². The zero-order valence-electron chi connectivity index (χ0n) is 34.6. The first-order chi connectivity index (χ1) is 26.9. The van der Waals surface area contributed by atoms with Crippen LogP contribution >= 0.6 is 22.7 Å². The van der Waals surface area contributed by atoms with Crippen molar-refractivity contribution in [1.29, 1.82) is 0 Å². The normalized spacial score (nSPS) is 22.4. The topological polar surface area (TPSA) is 98.4 Å². The second kappa shape index (κ2) is 12.8. The van der Waals surface area contributed by atoms with Crippen LogP contribution in [0.3, 0.4) is 0 Å². The minimum atomic E-state index is -5.77. The van der Waals surface area contributed by atoms with Crippen molar-refractivity contribution in [2.45, 2.75) is 123 Å². The molecule has 1 aliphatic carbocycles. The van der Waals surface area contributed by atoms with Crippen LogP contribution in [0.4, 0.5) is 26.3 Å². The molecule has 0 unspecified atom stereocenters. The van der Waals surface area contributed by atoms with E-state index in [0.29, 0.717) is 85.4 Å². The van der Waals surface area contributed by atoms with Gasteiger partial charge in [0.15, 0.2) is 11.1 Å². The van der Waals surface area contributed by atoms with E-state index in [1.54, 1.807) is 93.5 Å². The molecule has 2 aromatic heterocycles. The van der Waals surface area contributed by atoms with Gasteiger partial charge in [-0.2, -0.15) is 26.3 Å². The third-order valence-corrected chi connectivity index (χ3v) is 16.5. The molecule has 0 bridgehead atoms. The molecule has 0 saturated carbocycles. The lowest BCUT2D eigenvalue weighted by Crippen LogP contribution is -2.53. The second-order valence-electron chi connectivity index (χ2n) is 17.7. The maximum absolute atomic E-state index is 16.2. The van der Waals surface area contributed by atoms with E-state index < -0.39 is 60.8 Å². The van der Waals surface area contributed by atoms with Crippen molar-refractivity contribution in [2.24, 2.45) is 0 Å². The molecule has 0 fully saturated rings. The summed E-state index contributed by atoms with van der Waals surface area (Å²) in [6.07, 6.45) is 0. The summed E-state index contributed by atoms with van der Waals surface area (Å²) in [6, 6.07) is 12.4. The Morgan fingerprint density at radius 1 is 0.475 bits per heavy atom. The third-order valence-electron chi connectivity index (χ3n) is 13.6. The Balaban J connectivity index is 1.34. The highest BCUT2D eigenvalue weighted by Gasteiger charge is 2.81. The summed E-state index contributed by atoms with van der Waals surface area (Å²) in [5.74, 6) is -16.5. The molecule has 0 saturated heterocycles. The first-order valence-corrected chi connectivity index (χ1v) is 20.5. The predicted molar refractivity (Wildman–Crippen MR) is 217 cm³/mol. The molecule has 0 spiro atoms. The number of rotatable bonds is 6. The summed E-state index contributed by atoms with van der Waals surface area (Å²) in [7, 11) is 0. The Hall–Kier alpha value is -4.38. The van der Waals surface area contributed by atoms with Crippen LogP contribution < -0.4 is 0 Å². The smallest absolute Gasteiger partial charge is 0.380 e. The van der Waals surface area contributed by atoms with Crippen molar-refractivity contribution in [1.82, 2.24) is 10.1 Å². The molecule has 59 heavy (non-hydrogen) atoms. The Morgan fingerprint density at radius 2 is 0.729 bits per heavy atom. The van der Waals surface area contributed by atoms with Gasteiger partial charge in [-0.15, -0.1) is 22.7 Å². The monoisotopic (exact) mass is 858 g/mol. The Kier molecular flexibility index (Phi) is 9.28. The van der Waals surface area contributed by atoms with E-state index >= 15 is 26.3 Å². The molecule has 4 heterocycles. The number of thiophene rings is 2. The molecule has 3 aliphatic rings. The van der Waals surface area contributed by atoms with E-state index in [1.807, 2.05) is 0 Å². The zero-order valence-corrected chi connectivity index (χ0v) is 36.3. The third kappa shape index (κ3) is 5.34. The van der Waals surface area contributed by atoms with Crippen LogP contribution in [0, 0.1) is 38.1 Å². The number of hydrogen-bond acceptors (Lipinski definition) is 6. The fourth-order valence-corrected chi connectivity index (χ4v) is 10.6. The average Bonchev–Trinajstić information content (AvgIpc) is 3.72.